The zero-order chi connectivity index (χ0) is 7.65. The molecular weight excluding hydrogens is 138 g/mol. The quantitative estimate of drug-likeness (QED) is 0.353. The second kappa shape index (κ2) is 2.86. The third kappa shape index (κ3) is 3.04. The van der Waals surface area contributed by atoms with Gasteiger partial charge in [-0.15, -0.1) is 0 Å². The van der Waals surface area contributed by atoms with Crippen molar-refractivity contribution in [1.29, 1.82) is 0 Å². The summed E-state index contributed by atoms with van der Waals surface area (Å²) in [6.07, 6.45) is -0.452. The Labute approximate surface area is 63.1 Å². The fourth-order valence-electron chi connectivity index (χ4n) is 0.647. The van der Waals surface area contributed by atoms with Gasteiger partial charge >= 0.3 is 0 Å². The molecule has 0 saturated carbocycles. The summed E-state index contributed by atoms with van der Waals surface area (Å²) in [5.41, 5.74) is -0.218. The Morgan fingerprint density at radius 3 is 1.78 bits per heavy atom. The molecule has 1 radical (unpaired) electrons. The van der Waals surface area contributed by atoms with Crippen molar-refractivity contribution >= 4 is 11.6 Å². The molecule has 0 aromatic rings. The van der Waals surface area contributed by atoms with Crippen molar-refractivity contribution in [3.63, 3.8) is 0 Å². The number of aliphatic hydroxyl groups is 1. The molecule has 0 aromatic heterocycles. The number of quaternary nitrogens is 1. The molecule has 0 aliphatic rings. The fourth-order valence-corrected chi connectivity index (χ4v) is 0.647. The number of halogens is 1. The summed E-state index contributed by atoms with van der Waals surface area (Å²) in [4.78, 5) is 0. The predicted octanol–water partition coefficient (Wildman–Crippen LogP) is 0.751. The number of aliphatic hydroxyl groups excluding tert-OH is 1. The van der Waals surface area contributed by atoms with E-state index in [1.54, 1.807) is 6.92 Å². The summed E-state index contributed by atoms with van der Waals surface area (Å²) in [5, 5.41) is 9.01. The average Bonchev–Trinajstić information content (AvgIpc) is 1.62. The average molecular weight is 154 g/mol. The number of hydrogen-bond donors (Lipinski definition) is 1. The molecule has 57 valence electrons. The van der Waals surface area contributed by atoms with Gasteiger partial charge in [-0.25, -0.2) is 0 Å². The summed E-state index contributed by atoms with van der Waals surface area (Å²) >= 11 is 5.81. The van der Waals surface area contributed by atoms with Crippen molar-refractivity contribution in [2.75, 3.05) is 21.1 Å². The van der Waals surface area contributed by atoms with Crippen molar-refractivity contribution in [2.45, 2.75) is 18.5 Å². The van der Waals surface area contributed by atoms with Crippen LogP contribution in [0.1, 0.15) is 8.35 Å². The van der Waals surface area contributed by atoms with Gasteiger partial charge in [0, 0.05) is 1.43 Å². The first-order chi connectivity index (χ1) is 3.85. The van der Waals surface area contributed by atoms with E-state index in [2.05, 4.69) is 0 Å². The highest BCUT2D eigenvalue weighted by Crippen LogP contribution is 2.11. The molecule has 0 bridgehead atoms. The lowest BCUT2D eigenvalue weighted by molar-refractivity contribution is -0.885. The summed E-state index contributed by atoms with van der Waals surface area (Å²) in [6.45, 7) is 1.70. The van der Waals surface area contributed by atoms with Crippen LogP contribution in [-0.4, -0.2) is 42.3 Å². The van der Waals surface area contributed by atoms with Crippen LogP contribution in [0.15, 0.2) is 0 Å². The van der Waals surface area contributed by atoms with Crippen LogP contribution in [-0.2, 0) is 0 Å². The molecule has 1 N–H and O–H groups in total. The van der Waals surface area contributed by atoms with E-state index in [1.165, 1.54) is 0 Å². The van der Waals surface area contributed by atoms with E-state index >= 15 is 0 Å². The molecule has 9 heavy (non-hydrogen) atoms. The standard InChI is InChI=1S/C6H15ClNO.H/c1-5(9)6(7)8(2,3)4;/h5-6,9H,1-4H3;/q+1;. The van der Waals surface area contributed by atoms with Crippen molar-refractivity contribution in [1.82, 2.24) is 0 Å². The number of hydrogen-bond acceptors (Lipinski definition) is 1. The first-order valence-electron chi connectivity index (χ1n) is 2.99. The Morgan fingerprint density at radius 1 is 1.44 bits per heavy atom. The van der Waals surface area contributed by atoms with E-state index in [4.69, 9.17) is 16.7 Å². The van der Waals surface area contributed by atoms with Crippen LogP contribution in [0.3, 0.4) is 0 Å². The van der Waals surface area contributed by atoms with Crippen molar-refractivity contribution in [3.05, 3.63) is 0 Å². The molecule has 0 fully saturated rings. The Kier molecular flexibility index (Phi) is 2.93. The Bertz CT molecular complexity index is 92.2. The highest BCUT2D eigenvalue weighted by Gasteiger charge is 2.25. The zero-order valence-corrected chi connectivity index (χ0v) is 7.18. The van der Waals surface area contributed by atoms with Crippen LogP contribution in [0.5, 0.6) is 0 Å². The molecule has 2 unspecified atom stereocenters. The van der Waals surface area contributed by atoms with Gasteiger partial charge < -0.3 is 9.59 Å². The van der Waals surface area contributed by atoms with E-state index in [9.17, 15) is 0 Å². The van der Waals surface area contributed by atoms with Crippen LogP contribution < -0.4 is 0 Å². The van der Waals surface area contributed by atoms with Crippen LogP contribution in [0.4, 0.5) is 0 Å². The van der Waals surface area contributed by atoms with Gasteiger partial charge in [-0.1, -0.05) is 11.6 Å². The third-order valence-electron chi connectivity index (χ3n) is 1.14. The zero-order valence-electron chi connectivity index (χ0n) is 7.43. The monoisotopic (exact) mass is 153 g/mol. The molecule has 0 aliphatic carbocycles. The molecule has 0 aliphatic heterocycles. The van der Waals surface area contributed by atoms with Crippen molar-refractivity contribution in [2.24, 2.45) is 0 Å². The minimum atomic E-state index is -0.452. The molecule has 0 spiro atoms. The maximum Gasteiger partial charge on any atom is 0.190 e. The molecule has 0 rings (SSSR count). The summed E-state index contributed by atoms with van der Waals surface area (Å²) in [6, 6.07) is 0. The van der Waals surface area contributed by atoms with E-state index in [0.717, 1.165) is 0 Å². The molecular formula is C6H16ClNO+. The molecule has 0 amide bonds. The molecule has 0 heterocycles. The van der Waals surface area contributed by atoms with Gasteiger partial charge in [-0.3, -0.25) is 0 Å². The van der Waals surface area contributed by atoms with Gasteiger partial charge in [0.2, 0.25) is 0 Å². The Hall–Kier alpha value is 0.210. The van der Waals surface area contributed by atoms with Gasteiger partial charge in [0.1, 0.15) is 6.10 Å². The second-order valence-corrected chi connectivity index (χ2v) is 3.68. The van der Waals surface area contributed by atoms with Gasteiger partial charge in [0.25, 0.3) is 0 Å². The summed E-state index contributed by atoms with van der Waals surface area (Å²) in [5.74, 6) is 0. The maximum absolute atomic E-state index is 9.01. The second-order valence-electron chi connectivity index (χ2n) is 3.23. The van der Waals surface area contributed by atoms with Crippen molar-refractivity contribution in [3.8, 4) is 0 Å². The van der Waals surface area contributed by atoms with E-state index in [0.29, 0.717) is 4.48 Å². The topological polar surface area (TPSA) is 20.2 Å². The predicted molar refractivity (Wildman–Crippen MR) is 40.5 cm³/mol. The van der Waals surface area contributed by atoms with Crippen LogP contribution in [0.25, 0.3) is 0 Å². The van der Waals surface area contributed by atoms with Gasteiger partial charge in [-0.05, 0) is 6.92 Å². The molecule has 3 heteroatoms. The summed E-state index contributed by atoms with van der Waals surface area (Å²) < 4.78 is 0.583. The van der Waals surface area contributed by atoms with E-state index < -0.39 is 6.10 Å². The molecule has 0 aromatic carbocycles. The SMILES string of the molecule is CC(O)C(Cl)[N+](C)(C)C.[H]. The van der Waals surface area contributed by atoms with E-state index in [1.807, 2.05) is 21.1 Å². The number of nitrogens with zero attached hydrogens (tertiary/aromatic N) is 1. The first-order valence-corrected chi connectivity index (χ1v) is 3.42. The fraction of sp³-hybridized carbons (Fsp3) is 1.00. The van der Waals surface area contributed by atoms with Crippen LogP contribution in [0, 0.1) is 0 Å². The number of alkyl halides is 1. The third-order valence-corrected chi connectivity index (χ3v) is 2.09. The van der Waals surface area contributed by atoms with Gasteiger partial charge in [0.15, 0.2) is 5.50 Å². The lowest BCUT2D eigenvalue weighted by Gasteiger charge is -2.31. The van der Waals surface area contributed by atoms with Gasteiger partial charge in [-0.2, -0.15) is 0 Å². The van der Waals surface area contributed by atoms with Crippen LogP contribution >= 0.6 is 11.6 Å². The largest absolute Gasteiger partial charge is 0.386 e. The Balaban J connectivity index is 0. The smallest absolute Gasteiger partial charge is 0.190 e. The molecule has 2 nitrogen and oxygen atoms in total. The Morgan fingerprint density at radius 2 is 1.78 bits per heavy atom. The minimum absolute atomic E-state index is 0. The number of likely N-dealkylation sites (N-methyl/N-ethyl adjacent to an activating group) is 1. The van der Waals surface area contributed by atoms with E-state index in [-0.39, 0.29) is 6.93 Å². The summed E-state index contributed by atoms with van der Waals surface area (Å²) in [7, 11) is 5.85. The first kappa shape index (κ1) is 9.21. The maximum atomic E-state index is 9.01. The van der Waals surface area contributed by atoms with Crippen LogP contribution in [0.2, 0.25) is 0 Å². The number of rotatable bonds is 2. The van der Waals surface area contributed by atoms with Crippen molar-refractivity contribution < 1.29 is 11.0 Å². The molecule has 2 atom stereocenters. The lowest BCUT2D eigenvalue weighted by Crippen LogP contribution is -2.47. The highest BCUT2D eigenvalue weighted by atomic mass is 35.5. The normalized spacial score (nSPS) is 19.3. The lowest BCUT2D eigenvalue weighted by atomic mass is 10.3. The molecule has 0 saturated heterocycles. The van der Waals surface area contributed by atoms with Gasteiger partial charge in [0.05, 0.1) is 21.1 Å². The minimum Gasteiger partial charge on any atom is -0.386 e. The highest BCUT2D eigenvalue weighted by molar-refractivity contribution is 6.19.